The molecule has 2 saturated heterocycles. The van der Waals surface area contributed by atoms with Crippen LogP contribution in [-0.2, 0) is 9.53 Å². The van der Waals surface area contributed by atoms with Crippen molar-refractivity contribution < 1.29 is 14.3 Å². The largest absolute Gasteiger partial charge is 0.497 e. The summed E-state index contributed by atoms with van der Waals surface area (Å²) in [5, 5.41) is 3.45. The molecule has 3 atom stereocenters. The van der Waals surface area contributed by atoms with Crippen molar-refractivity contribution in [2.45, 2.75) is 38.0 Å². The fourth-order valence-electron chi connectivity index (χ4n) is 3.14. The van der Waals surface area contributed by atoms with Crippen molar-refractivity contribution in [2.24, 2.45) is 0 Å². The standard InChI is InChI=1S/C16H22N2O3/c1-3-14-16(19)18(12-7-8-21-10-12)15(17-14)11-5-4-6-13(9-11)20-2/h4-6,9,12,14-15,17H,3,7-8,10H2,1-2H3. The number of hydrogen-bond acceptors (Lipinski definition) is 4. The van der Waals surface area contributed by atoms with Crippen LogP contribution in [0, 0.1) is 0 Å². The maximum atomic E-state index is 12.6. The number of amides is 1. The molecule has 114 valence electrons. The summed E-state index contributed by atoms with van der Waals surface area (Å²) in [6.07, 6.45) is 1.61. The number of ether oxygens (including phenoxy) is 2. The average molecular weight is 290 g/mol. The van der Waals surface area contributed by atoms with Gasteiger partial charge >= 0.3 is 0 Å². The molecule has 1 N–H and O–H groups in total. The van der Waals surface area contributed by atoms with Crippen LogP contribution in [0.4, 0.5) is 0 Å². The number of nitrogens with zero attached hydrogens (tertiary/aromatic N) is 1. The molecule has 2 aliphatic rings. The predicted molar refractivity (Wildman–Crippen MR) is 79.0 cm³/mol. The Hall–Kier alpha value is -1.59. The Kier molecular flexibility index (Phi) is 4.12. The van der Waals surface area contributed by atoms with Crippen molar-refractivity contribution in [3.8, 4) is 5.75 Å². The smallest absolute Gasteiger partial charge is 0.241 e. The molecule has 1 aromatic carbocycles. The van der Waals surface area contributed by atoms with Gasteiger partial charge in [-0.25, -0.2) is 0 Å². The summed E-state index contributed by atoms with van der Waals surface area (Å²) in [4.78, 5) is 14.6. The van der Waals surface area contributed by atoms with Gasteiger partial charge in [0.05, 0.1) is 25.8 Å². The van der Waals surface area contributed by atoms with Crippen LogP contribution in [0.3, 0.4) is 0 Å². The third kappa shape index (κ3) is 2.63. The molecule has 5 heteroatoms. The number of nitrogens with one attached hydrogen (secondary N) is 1. The maximum Gasteiger partial charge on any atom is 0.241 e. The molecule has 21 heavy (non-hydrogen) atoms. The van der Waals surface area contributed by atoms with E-state index in [4.69, 9.17) is 9.47 Å². The molecule has 0 aliphatic carbocycles. The lowest BCUT2D eigenvalue weighted by molar-refractivity contribution is -0.132. The van der Waals surface area contributed by atoms with Gasteiger partial charge in [0.2, 0.25) is 5.91 Å². The van der Waals surface area contributed by atoms with Gasteiger partial charge < -0.3 is 14.4 Å². The van der Waals surface area contributed by atoms with E-state index in [9.17, 15) is 4.79 Å². The molecule has 3 rings (SSSR count). The third-order valence-electron chi connectivity index (χ3n) is 4.31. The van der Waals surface area contributed by atoms with Crippen molar-refractivity contribution in [2.75, 3.05) is 20.3 Å². The lowest BCUT2D eigenvalue weighted by Gasteiger charge is -2.29. The second-order valence-corrected chi connectivity index (χ2v) is 5.57. The predicted octanol–water partition coefficient (Wildman–Crippen LogP) is 1.69. The van der Waals surface area contributed by atoms with Crippen LogP contribution in [0.5, 0.6) is 5.75 Å². The van der Waals surface area contributed by atoms with Crippen molar-refractivity contribution in [3.05, 3.63) is 29.8 Å². The Balaban J connectivity index is 1.91. The van der Waals surface area contributed by atoms with Crippen LogP contribution in [0.15, 0.2) is 24.3 Å². The summed E-state index contributed by atoms with van der Waals surface area (Å²) in [6, 6.07) is 7.96. The van der Waals surface area contributed by atoms with Gasteiger partial charge in [0.15, 0.2) is 0 Å². The minimum absolute atomic E-state index is 0.0933. The Morgan fingerprint density at radius 1 is 1.48 bits per heavy atom. The highest BCUT2D eigenvalue weighted by atomic mass is 16.5. The van der Waals surface area contributed by atoms with E-state index < -0.39 is 0 Å². The quantitative estimate of drug-likeness (QED) is 0.917. The first kappa shape index (κ1) is 14.4. The molecule has 3 unspecified atom stereocenters. The SMILES string of the molecule is CCC1NC(c2cccc(OC)c2)N(C2CCOC2)C1=O. The summed E-state index contributed by atoms with van der Waals surface area (Å²) in [6.45, 7) is 3.40. The van der Waals surface area contributed by atoms with E-state index in [-0.39, 0.29) is 24.2 Å². The molecule has 2 fully saturated rings. The van der Waals surface area contributed by atoms with Crippen molar-refractivity contribution >= 4 is 5.91 Å². The Labute approximate surface area is 125 Å². The van der Waals surface area contributed by atoms with E-state index in [1.165, 1.54) is 0 Å². The van der Waals surface area contributed by atoms with E-state index in [0.29, 0.717) is 6.61 Å². The van der Waals surface area contributed by atoms with Crippen molar-refractivity contribution in [3.63, 3.8) is 0 Å². The second kappa shape index (κ2) is 6.03. The van der Waals surface area contributed by atoms with Gasteiger partial charge in [0.25, 0.3) is 0 Å². The first-order valence-electron chi connectivity index (χ1n) is 7.54. The minimum Gasteiger partial charge on any atom is -0.497 e. The van der Waals surface area contributed by atoms with Crippen LogP contribution in [0.1, 0.15) is 31.5 Å². The summed E-state index contributed by atoms with van der Waals surface area (Å²) in [5.41, 5.74) is 1.06. The molecular weight excluding hydrogens is 268 g/mol. The van der Waals surface area contributed by atoms with Crippen LogP contribution >= 0.6 is 0 Å². The number of rotatable bonds is 4. The summed E-state index contributed by atoms with van der Waals surface area (Å²) in [5.74, 6) is 0.991. The Morgan fingerprint density at radius 3 is 3.00 bits per heavy atom. The number of methoxy groups -OCH3 is 1. The van der Waals surface area contributed by atoms with Gasteiger partial charge in [-0.15, -0.1) is 0 Å². The first-order chi connectivity index (χ1) is 10.2. The fraction of sp³-hybridized carbons (Fsp3) is 0.562. The lowest BCUT2D eigenvalue weighted by Crippen LogP contribution is -2.40. The van der Waals surface area contributed by atoms with Crippen LogP contribution in [0.25, 0.3) is 0 Å². The van der Waals surface area contributed by atoms with Crippen molar-refractivity contribution in [1.29, 1.82) is 0 Å². The average Bonchev–Trinajstić information content (AvgIpc) is 3.14. The molecule has 1 amide bonds. The molecule has 2 heterocycles. The molecule has 0 aromatic heterocycles. The number of benzene rings is 1. The topological polar surface area (TPSA) is 50.8 Å². The van der Waals surface area contributed by atoms with Crippen LogP contribution in [0.2, 0.25) is 0 Å². The van der Waals surface area contributed by atoms with E-state index >= 15 is 0 Å². The van der Waals surface area contributed by atoms with E-state index in [0.717, 1.165) is 30.8 Å². The fourth-order valence-corrected chi connectivity index (χ4v) is 3.14. The monoisotopic (exact) mass is 290 g/mol. The molecule has 2 aliphatic heterocycles. The first-order valence-corrected chi connectivity index (χ1v) is 7.54. The molecule has 5 nitrogen and oxygen atoms in total. The number of hydrogen-bond donors (Lipinski definition) is 1. The lowest BCUT2D eigenvalue weighted by atomic mass is 10.1. The van der Waals surface area contributed by atoms with Gasteiger partial charge in [-0.05, 0) is 30.5 Å². The minimum atomic E-state index is -0.109. The Bertz CT molecular complexity index is 514. The second-order valence-electron chi connectivity index (χ2n) is 5.57. The maximum absolute atomic E-state index is 12.6. The zero-order chi connectivity index (χ0) is 14.8. The van der Waals surface area contributed by atoms with Gasteiger partial charge in [0.1, 0.15) is 11.9 Å². The summed E-state index contributed by atoms with van der Waals surface area (Å²) < 4.78 is 10.8. The highest BCUT2D eigenvalue weighted by molar-refractivity contribution is 5.85. The van der Waals surface area contributed by atoms with Gasteiger partial charge in [-0.3, -0.25) is 10.1 Å². The Morgan fingerprint density at radius 2 is 2.33 bits per heavy atom. The highest BCUT2D eigenvalue weighted by Crippen LogP contribution is 2.32. The number of carbonyl (C=O) groups excluding carboxylic acids is 1. The van der Waals surface area contributed by atoms with E-state index in [1.807, 2.05) is 36.1 Å². The molecular formula is C16H22N2O3. The molecule has 0 radical (unpaired) electrons. The summed E-state index contributed by atoms with van der Waals surface area (Å²) >= 11 is 0. The molecule has 1 aromatic rings. The normalized spacial score (nSPS) is 29.1. The highest BCUT2D eigenvalue weighted by Gasteiger charge is 2.43. The summed E-state index contributed by atoms with van der Waals surface area (Å²) in [7, 11) is 1.66. The number of carbonyl (C=O) groups is 1. The van der Waals surface area contributed by atoms with Crippen molar-refractivity contribution in [1.82, 2.24) is 10.2 Å². The molecule has 0 saturated carbocycles. The van der Waals surface area contributed by atoms with Crippen LogP contribution in [-0.4, -0.2) is 43.2 Å². The van der Waals surface area contributed by atoms with E-state index in [1.54, 1.807) is 7.11 Å². The van der Waals surface area contributed by atoms with Gasteiger partial charge in [0, 0.05) is 6.61 Å². The van der Waals surface area contributed by atoms with Gasteiger partial charge in [-0.1, -0.05) is 19.1 Å². The third-order valence-corrected chi connectivity index (χ3v) is 4.31. The molecule has 0 spiro atoms. The zero-order valence-corrected chi connectivity index (χ0v) is 12.5. The molecule has 0 bridgehead atoms. The zero-order valence-electron chi connectivity index (χ0n) is 12.5. The van der Waals surface area contributed by atoms with Gasteiger partial charge in [-0.2, -0.15) is 0 Å². The van der Waals surface area contributed by atoms with Crippen LogP contribution < -0.4 is 10.1 Å². The van der Waals surface area contributed by atoms with E-state index in [2.05, 4.69) is 5.32 Å².